The zero-order valence-electron chi connectivity index (χ0n) is 27.7. The van der Waals surface area contributed by atoms with Gasteiger partial charge in [0.15, 0.2) is 15.6 Å². The Balaban J connectivity index is 0.927. The van der Waals surface area contributed by atoms with Crippen LogP contribution in [-0.4, -0.2) is 92.0 Å². The SMILES string of the molecule is CS(=O)(=O)c1ccc(C(=O)C2CCN(C(=O)C3CCC(CN4CC5(CCN(Cc6c(F)cc(C#N)cc6F)CC5)OC4=O)CC3)CC2)cc1. The number of rotatable bonds is 8. The van der Waals surface area contributed by atoms with Crippen molar-refractivity contribution in [2.45, 2.75) is 68.4 Å². The van der Waals surface area contributed by atoms with Gasteiger partial charge < -0.3 is 14.5 Å². The molecule has 3 aliphatic heterocycles. The number of amides is 2. The molecule has 262 valence electrons. The quantitative estimate of drug-likeness (QED) is 0.355. The standard InChI is InChI=1S/C36H42F2N4O6S/c1-49(46,47)29-8-6-26(7-9-29)33(43)27-10-14-41(15-11-27)34(44)28-4-2-24(3-5-28)21-42-23-36(48-35(42)45)12-16-40(17-13-36)22-30-31(37)18-25(20-39)19-32(30)38/h6-9,18-19,24,27-28H,2-5,10-17,21-23H2,1H3. The maximum atomic E-state index is 14.4. The highest BCUT2D eigenvalue weighted by atomic mass is 32.2. The summed E-state index contributed by atoms with van der Waals surface area (Å²) < 4.78 is 58.2. The summed E-state index contributed by atoms with van der Waals surface area (Å²) in [4.78, 5) is 45.1. The molecule has 3 saturated heterocycles. The number of likely N-dealkylation sites (tertiary alicyclic amines) is 2. The average molecular weight is 697 g/mol. The number of piperidine rings is 2. The summed E-state index contributed by atoms with van der Waals surface area (Å²) in [7, 11) is -3.33. The van der Waals surface area contributed by atoms with E-state index < -0.39 is 27.1 Å². The van der Waals surface area contributed by atoms with Crippen LogP contribution >= 0.6 is 0 Å². The van der Waals surface area contributed by atoms with Gasteiger partial charge >= 0.3 is 6.09 Å². The third kappa shape index (κ3) is 7.80. The summed E-state index contributed by atoms with van der Waals surface area (Å²) in [6.45, 7) is 3.23. The predicted octanol–water partition coefficient (Wildman–Crippen LogP) is 4.95. The minimum Gasteiger partial charge on any atom is -0.441 e. The molecule has 6 rings (SSSR count). The zero-order valence-corrected chi connectivity index (χ0v) is 28.5. The molecule has 49 heavy (non-hydrogen) atoms. The van der Waals surface area contributed by atoms with Gasteiger partial charge in [-0.15, -0.1) is 0 Å². The maximum Gasteiger partial charge on any atom is 0.410 e. The van der Waals surface area contributed by atoms with Crippen LogP contribution in [0.4, 0.5) is 13.6 Å². The predicted molar refractivity (Wildman–Crippen MR) is 175 cm³/mol. The molecular weight excluding hydrogens is 654 g/mol. The van der Waals surface area contributed by atoms with Gasteiger partial charge in [0.05, 0.1) is 23.1 Å². The van der Waals surface area contributed by atoms with Gasteiger partial charge in [0.2, 0.25) is 5.91 Å². The van der Waals surface area contributed by atoms with Crippen LogP contribution in [-0.2, 0) is 25.9 Å². The minimum atomic E-state index is -3.33. The van der Waals surface area contributed by atoms with Crippen molar-refractivity contribution in [2.75, 3.05) is 45.5 Å². The number of nitrogens with zero attached hydrogens (tertiary/aromatic N) is 4. The lowest BCUT2D eigenvalue weighted by molar-refractivity contribution is -0.138. The Morgan fingerprint density at radius 3 is 2.12 bits per heavy atom. The van der Waals surface area contributed by atoms with E-state index in [1.807, 2.05) is 9.80 Å². The second kappa shape index (κ2) is 14.2. The maximum absolute atomic E-state index is 14.4. The average Bonchev–Trinajstić information content (AvgIpc) is 3.39. The summed E-state index contributed by atoms with van der Waals surface area (Å²) in [6, 6.07) is 9.90. The molecule has 1 saturated carbocycles. The van der Waals surface area contributed by atoms with Crippen molar-refractivity contribution in [1.29, 1.82) is 5.26 Å². The molecule has 2 aromatic rings. The van der Waals surface area contributed by atoms with Gasteiger partial charge in [-0.2, -0.15) is 5.26 Å². The summed E-state index contributed by atoms with van der Waals surface area (Å²) >= 11 is 0. The number of carbonyl (C=O) groups excluding carboxylic acids is 3. The lowest BCUT2D eigenvalue weighted by Gasteiger charge is -2.38. The number of halogens is 2. The number of ketones is 1. The first-order chi connectivity index (χ1) is 23.3. The first-order valence-electron chi connectivity index (χ1n) is 17.1. The van der Waals surface area contributed by atoms with Gasteiger partial charge in [0.25, 0.3) is 0 Å². The molecule has 4 aliphatic rings. The van der Waals surface area contributed by atoms with Gasteiger partial charge in [-0.3, -0.25) is 14.5 Å². The van der Waals surface area contributed by atoms with Gasteiger partial charge in [-0.1, -0.05) is 12.1 Å². The minimum absolute atomic E-state index is 0.0192. The van der Waals surface area contributed by atoms with Crippen molar-refractivity contribution >= 4 is 27.6 Å². The van der Waals surface area contributed by atoms with Gasteiger partial charge in [-0.05, 0) is 68.7 Å². The zero-order chi connectivity index (χ0) is 34.9. The number of hydrogen-bond donors (Lipinski definition) is 0. The monoisotopic (exact) mass is 696 g/mol. The largest absolute Gasteiger partial charge is 0.441 e. The van der Waals surface area contributed by atoms with E-state index in [1.54, 1.807) is 23.1 Å². The molecule has 1 spiro atoms. The van der Waals surface area contributed by atoms with Crippen molar-refractivity contribution in [3.05, 3.63) is 64.7 Å². The molecule has 1 aliphatic carbocycles. The summed E-state index contributed by atoms with van der Waals surface area (Å²) in [5.74, 6) is -1.36. The lowest BCUT2D eigenvalue weighted by atomic mass is 9.80. The Labute approximate surface area is 285 Å². The first kappa shape index (κ1) is 35.0. The topological polar surface area (TPSA) is 128 Å². The fraction of sp³-hybridized carbons (Fsp3) is 0.556. The van der Waals surface area contributed by atoms with Crippen molar-refractivity contribution in [3.63, 3.8) is 0 Å². The number of benzene rings is 2. The third-order valence-corrected chi connectivity index (χ3v) is 12.0. The van der Waals surface area contributed by atoms with E-state index in [9.17, 15) is 31.6 Å². The van der Waals surface area contributed by atoms with Crippen molar-refractivity contribution in [1.82, 2.24) is 14.7 Å². The Morgan fingerprint density at radius 1 is 0.939 bits per heavy atom. The smallest absolute Gasteiger partial charge is 0.410 e. The van der Waals surface area contributed by atoms with E-state index in [0.717, 1.165) is 44.1 Å². The summed E-state index contributed by atoms with van der Waals surface area (Å²) in [5.41, 5.74) is -0.249. The Hall–Kier alpha value is -3.89. The molecule has 0 atom stereocenters. The van der Waals surface area contributed by atoms with E-state index in [-0.39, 0.29) is 58.1 Å². The van der Waals surface area contributed by atoms with Crippen LogP contribution in [0.15, 0.2) is 41.3 Å². The Bertz CT molecular complexity index is 1710. The summed E-state index contributed by atoms with van der Waals surface area (Å²) in [6.07, 6.45) is 6.25. The second-order valence-corrected chi connectivity index (χ2v) is 16.2. The molecule has 0 aromatic heterocycles. The number of ether oxygens (including phenoxy) is 1. The van der Waals surface area contributed by atoms with Crippen LogP contribution in [0.2, 0.25) is 0 Å². The molecule has 4 fully saturated rings. The van der Waals surface area contributed by atoms with E-state index in [1.165, 1.54) is 12.1 Å². The van der Waals surface area contributed by atoms with Crippen LogP contribution in [0.1, 0.15) is 72.9 Å². The highest BCUT2D eigenvalue weighted by Gasteiger charge is 2.47. The van der Waals surface area contributed by atoms with Crippen LogP contribution in [0, 0.1) is 40.7 Å². The first-order valence-corrected chi connectivity index (χ1v) is 18.9. The number of nitriles is 1. The molecule has 0 bridgehead atoms. The van der Waals surface area contributed by atoms with Gasteiger partial charge in [0.1, 0.15) is 17.2 Å². The lowest BCUT2D eigenvalue weighted by Crippen LogP contribution is -2.47. The molecule has 0 unspecified atom stereocenters. The number of sulfone groups is 1. The number of carbonyl (C=O) groups is 3. The molecule has 10 nitrogen and oxygen atoms in total. The second-order valence-electron chi connectivity index (χ2n) is 14.2. The van der Waals surface area contributed by atoms with Crippen LogP contribution < -0.4 is 0 Å². The highest BCUT2D eigenvalue weighted by Crippen LogP contribution is 2.37. The van der Waals surface area contributed by atoms with E-state index in [2.05, 4.69) is 0 Å². The van der Waals surface area contributed by atoms with Gasteiger partial charge in [0, 0.05) is 81.3 Å². The number of hydrogen-bond acceptors (Lipinski definition) is 8. The number of Topliss-reactive ketones (excluding diaryl/α,β-unsaturated/α-hetero) is 1. The van der Waals surface area contributed by atoms with E-state index in [4.69, 9.17) is 10.00 Å². The highest BCUT2D eigenvalue weighted by molar-refractivity contribution is 7.90. The molecule has 0 radical (unpaired) electrons. The Morgan fingerprint density at radius 2 is 1.55 bits per heavy atom. The normalized spacial score (nSPS) is 23.3. The molecule has 0 N–H and O–H groups in total. The molecule has 2 aromatic carbocycles. The molecule has 2 amide bonds. The fourth-order valence-electron chi connectivity index (χ4n) is 7.88. The Kier molecular flexibility index (Phi) is 10.1. The summed E-state index contributed by atoms with van der Waals surface area (Å²) in [5, 5.41) is 8.94. The van der Waals surface area contributed by atoms with Crippen LogP contribution in [0.25, 0.3) is 0 Å². The van der Waals surface area contributed by atoms with Crippen LogP contribution in [0.5, 0.6) is 0 Å². The fourth-order valence-corrected chi connectivity index (χ4v) is 8.51. The van der Waals surface area contributed by atoms with E-state index >= 15 is 0 Å². The van der Waals surface area contributed by atoms with Crippen molar-refractivity contribution < 1.29 is 36.3 Å². The van der Waals surface area contributed by atoms with Crippen LogP contribution in [0.3, 0.4) is 0 Å². The van der Waals surface area contributed by atoms with Crippen molar-refractivity contribution in [3.8, 4) is 6.07 Å². The molecule has 13 heteroatoms. The van der Waals surface area contributed by atoms with E-state index in [0.29, 0.717) is 70.5 Å². The molecule has 3 heterocycles. The van der Waals surface area contributed by atoms with Crippen molar-refractivity contribution in [2.24, 2.45) is 17.8 Å². The van der Waals surface area contributed by atoms with Gasteiger partial charge in [-0.25, -0.2) is 22.0 Å². The third-order valence-electron chi connectivity index (χ3n) is 10.9. The molecular formula is C36H42F2N4O6S.